The Hall–Kier alpha value is -2.41. The summed E-state index contributed by atoms with van der Waals surface area (Å²) in [6, 6.07) is 5.94. The van der Waals surface area contributed by atoms with Crippen LogP contribution in [-0.4, -0.2) is 53.5 Å². The number of para-hydroxylation sites is 1. The van der Waals surface area contributed by atoms with Crippen molar-refractivity contribution in [1.29, 1.82) is 0 Å². The van der Waals surface area contributed by atoms with E-state index in [0.717, 1.165) is 0 Å². The number of nitrogens with zero attached hydrogens (tertiary/aromatic N) is 2. The number of nitrogens with two attached hydrogens (primary N) is 1. The zero-order valence-corrected chi connectivity index (χ0v) is 14.7. The van der Waals surface area contributed by atoms with E-state index in [1.54, 1.807) is 45.0 Å². The summed E-state index contributed by atoms with van der Waals surface area (Å²) in [7, 11) is 0. The lowest BCUT2D eigenvalue weighted by atomic mass is 10.1. The van der Waals surface area contributed by atoms with Gasteiger partial charge in [-0.05, 0) is 39.3 Å². The van der Waals surface area contributed by atoms with Gasteiger partial charge < -0.3 is 15.4 Å². The first-order valence-corrected chi connectivity index (χ1v) is 8.36. The van der Waals surface area contributed by atoms with E-state index in [1.807, 2.05) is 0 Å². The Morgan fingerprint density at radius 1 is 1.28 bits per heavy atom. The van der Waals surface area contributed by atoms with Crippen LogP contribution in [0.2, 0.25) is 0 Å². The Kier molecular flexibility index (Phi) is 4.28. The molecule has 0 saturated carbocycles. The summed E-state index contributed by atoms with van der Waals surface area (Å²) in [5, 5.41) is 0. The second-order valence-electron chi connectivity index (χ2n) is 7.50. The van der Waals surface area contributed by atoms with Gasteiger partial charge >= 0.3 is 5.97 Å². The lowest BCUT2D eigenvalue weighted by Gasteiger charge is -2.27. The first-order chi connectivity index (χ1) is 11.7. The van der Waals surface area contributed by atoms with E-state index < -0.39 is 17.6 Å². The normalized spacial score (nSPS) is 23.2. The van der Waals surface area contributed by atoms with E-state index in [0.29, 0.717) is 24.2 Å². The van der Waals surface area contributed by atoms with Crippen molar-refractivity contribution < 1.29 is 19.1 Å². The van der Waals surface area contributed by atoms with Crippen LogP contribution in [0.3, 0.4) is 0 Å². The lowest BCUT2D eigenvalue weighted by Crippen LogP contribution is -2.47. The van der Waals surface area contributed by atoms with Crippen molar-refractivity contribution in [2.75, 3.05) is 18.0 Å². The molecule has 0 spiro atoms. The first-order valence-electron chi connectivity index (χ1n) is 8.36. The molecule has 0 bridgehead atoms. The van der Waals surface area contributed by atoms with Crippen molar-refractivity contribution in [2.24, 2.45) is 5.73 Å². The smallest absolute Gasteiger partial charge is 0.326 e. The van der Waals surface area contributed by atoms with Crippen molar-refractivity contribution in [2.45, 2.75) is 44.9 Å². The van der Waals surface area contributed by atoms with Gasteiger partial charge in [-0.25, -0.2) is 0 Å². The second-order valence-corrected chi connectivity index (χ2v) is 7.50. The maximum Gasteiger partial charge on any atom is 0.326 e. The number of ether oxygens (including phenoxy) is 1. The van der Waals surface area contributed by atoms with Crippen LogP contribution < -0.4 is 10.6 Å². The van der Waals surface area contributed by atoms with E-state index in [-0.39, 0.29) is 24.4 Å². The van der Waals surface area contributed by atoms with Gasteiger partial charge in [0.15, 0.2) is 0 Å². The number of anilines is 1. The number of hydrogen-bond donors (Lipinski definition) is 1. The van der Waals surface area contributed by atoms with Crippen LogP contribution in [0, 0.1) is 0 Å². The molecule has 1 fully saturated rings. The number of amides is 2. The molecule has 2 unspecified atom stereocenters. The molecule has 134 valence electrons. The highest BCUT2D eigenvalue weighted by molar-refractivity contribution is 6.12. The van der Waals surface area contributed by atoms with Gasteiger partial charge in [0, 0.05) is 12.6 Å². The number of carbonyl (C=O) groups excluding carboxylic acids is 3. The van der Waals surface area contributed by atoms with Gasteiger partial charge in [0.05, 0.1) is 11.3 Å². The topological polar surface area (TPSA) is 92.9 Å². The molecule has 2 atom stereocenters. The van der Waals surface area contributed by atoms with Gasteiger partial charge in [0.25, 0.3) is 5.91 Å². The summed E-state index contributed by atoms with van der Waals surface area (Å²) in [6.45, 7) is 5.41. The third-order valence-corrected chi connectivity index (χ3v) is 4.28. The highest BCUT2D eigenvalue weighted by Crippen LogP contribution is 2.32. The molecule has 25 heavy (non-hydrogen) atoms. The molecule has 1 saturated heterocycles. The van der Waals surface area contributed by atoms with Crippen LogP contribution in [0.5, 0.6) is 0 Å². The van der Waals surface area contributed by atoms with Crippen molar-refractivity contribution in [3.05, 3.63) is 29.8 Å². The van der Waals surface area contributed by atoms with Gasteiger partial charge in [0.2, 0.25) is 5.91 Å². The van der Waals surface area contributed by atoms with Crippen molar-refractivity contribution in [3.8, 4) is 0 Å². The Bertz CT molecular complexity index is 725. The molecule has 2 amide bonds. The fourth-order valence-electron chi connectivity index (χ4n) is 3.34. The number of benzene rings is 1. The highest BCUT2D eigenvalue weighted by Gasteiger charge is 2.45. The summed E-state index contributed by atoms with van der Waals surface area (Å²) in [5.74, 6) is -1.04. The summed E-state index contributed by atoms with van der Waals surface area (Å²) in [6.07, 6.45) is 0.392. The summed E-state index contributed by atoms with van der Waals surface area (Å²) < 4.78 is 5.35. The number of esters is 1. The molecule has 7 nitrogen and oxygen atoms in total. The fourth-order valence-corrected chi connectivity index (χ4v) is 3.34. The third kappa shape index (κ3) is 3.37. The number of rotatable bonds is 2. The van der Waals surface area contributed by atoms with Crippen LogP contribution in [0.15, 0.2) is 24.3 Å². The minimum atomic E-state index is -0.650. The zero-order valence-electron chi connectivity index (χ0n) is 14.7. The number of fused-ring (bicyclic) bond motifs is 2. The molecular formula is C18H23N3O4. The Morgan fingerprint density at radius 2 is 1.96 bits per heavy atom. The molecule has 2 aliphatic heterocycles. The molecule has 7 heteroatoms. The second kappa shape index (κ2) is 6.15. The third-order valence-electron chi connectivity index (χ3n) is 4.28. The molecule has 1 aromatic carbocycles. The van der Waals surface area contributed by atoms with E-state index >= 15 is 0 Å². The molecule has 1 aromatic rings. The van der Waals surface area contributed by atoms with Gasteiger partial charge in [-0.3, -0.25) is 19.3 Å². The van der Waals surface area contributed by atoms with E-state index in [1.165, 1.54) is 9.80 Å². The molecular weight excluding hydrogens is 322 g/mol. The predicted molar refractivity (Wildman–Crippen MR) is 92.1 cm³/mol. The van der Waals surface area contributed by atoms with E-state index in [2.05, 4.69) is 0 Å². The number of carbonyl (C=O) groups is 3. The van der Waals surface area contributed by atoms with Crippen molar-refractivity contribution in [3.63, 3.8) is 0 Å². The van der Waals surface area contributed by atoms with Crippen molar-refractivity contribution in [1.82, 2.24) is 4.90 Å². The minimum Gasteiger partial charge on any atom is -0.459 e. The van der Waals surface area contributed by atoms with Crippen LogP contribution in [0.4, 0.5) is 5.69 Å². The molecule has 2 N–H and O–H groups in total. The predicted octanol–water partition coefficient (Wildman–Crippen LogP) is 0.917. The number of hydrogen-bond acceptors (Lipinski definition) is 5. The van der Waals surface area contributed by atoms with Crippen LogP contribution in [-0.2, 0) is 14.3 Å². The molecule has 3 rings (SSSR count). The highest BCUT2D eigenvalue weighted by atomic mass is 16.6. The molecule has 0 radical (unpaired) electrons. The van der Waals surface area contributed by atoms with Crippen molar-refractivity contribution >= 4 is 23.5 Å². The summed E-state index contributed by atoms with van der Waals surface area (Å²) in [5.41, 5.74) is 6.15. The zero-order chi connectivity index (χ0) is 18.4. The maximum absolute atomic E-state index is 13.1. The van der Waals surface area contributed by atoms with E-state index in [9.17, 15) is 14.4 Å². The lowest BCUT2D eigenvalue weighted by molar-refractivity contribution is -0.153. The quantitative estimate of drug-likeness (QED) is 0.805. The van der Waals surface area contributed by atoms with Gasteiger partial charge in [0.1, 0.15) is 18.2 Å². The molecule has 2 aliphatic rings. The summed E-state index contributed by atoms with van der Waals surface area (Å²) in [4.78, 5) is 41.1. The maximum atomic E-state index is 13.1. The monoisotopic (exact) mass is 345 g/mol. The Morgan fingerprint density at radius 3 is 2.64 bits per heavy atom. The van der Waals surface area contributed by atoms with Gasteiger partial charge in [-0.2, -0.15) is 0 Å². The Balaban J connectivity index is 1.98. The Labute approximate surface area is 146 Å². The molecule has 2 heterocycles. The minimum absolute atomic E-state index is 0.228. The van der Waals surface area contributed by atoms with Gasteiger partial charge in [-0.15, -0.1) is 0 Å². The van der Waals surface area contributed by atoms with Crippen LogP contribution >= 0.6 is 0 Å². The average Bonchev–Trinajstić information content (AvgIpc) is 2.88. The van der Waals surface area contributed by atoms with Crippen LogP contribution in [0.1, 0.15) is 37.6 Å². The molecule has 0 aromatic heterocycles. The molecule has 0 aliphatic carbocycles. The fraction of sp³-hybridized carbons (Fsp3) is 0.500. The average molecular weight is 345 g/mol. The largest absolute Gasteiger partial charge is 0.459 e. The van der Waals surface area contributed by atoms with Gasteiger partial charge in [-0.1, -0.05) is 12.1 Å². The first kappa shape index (κ1) is 17.4. The standard InChI is InChI=1S/C18H23N3O4/c1-18(2,3)25-15(22)10-21-13-7-5-4-6-12(13)16(23)20-9-11(19)8-14(20)17(21)24/h4-7,11,14H,8-10,19H2,1-3H3. The van der Waals surface area contributed by atoms with E-state index in [4.69, 9.17) is 10.5 Å². The SMILES string of the molecule is CC(C)(C)OC(=O)CN1C(=O)C2CC(N)CN2C(=O)c2ccccc21. The summed E-state index contributed by atoms with van der Waals surface area (Å²) >= 11 is 0. The van der Waals surface area contributed by atoms with Crippen LogP contribution in [0.25, 0.3) is 0 Å².